The van der Waals surface area contributed by atoms with E-state index in [9.17, 15) is 24.0 Å². The molecular formula is C22H25N5O5S. The molecule has 2 aromatic carbocycles. The normalized spacial score (nSPS) is 11.1. The summed E-state index contributed by atoms with van der Waals surface area (Å²) >= 11 is 1.10. The van der Waals surface area contributed by atoms with Crippen LogP contribution in [0, 0.1) is 0 Å². The topological polar surface area (TPSA) is 159 Å². The molecule has 0 aromatic heterocycles. The summed E-state index contributed by atoms with van der Waals surface area (Å²) in [6.45, 7) is 0.727. The maximum Gasteiger partial charge on any atom is 0.289 e. The van der Waals surface area contributed by atoms with Crippen LogP contribution in [0.3, 0.4) is 0 Å². The average Bonchev–Trinajstić information content (AvgIpc) is 2.84. The Morgan fingerprint density at radius 3 is 2.18 bits per heavy atom. The second-order valence-electron chi connectivity index (χ2n) is 6.92. The lowest BCUT2D eigenvalue weighted by atomic mass is 10.2. The molecule has 11 heteroatoms. The van der Waals surface area contributed by atoms with Gasteiger partial charge in [0.05, 0.1) is 13.1 Å². The minimum absolute atomic E-state index is 0.148. The molecule has 0 aliphatic rings. The van der Waals surface area contributed by atoms with Gasteiger partial charge in [-0.15, -0.1) is 0 Å². The molecule has 33 heavy (non-hydrogen) atoms. The molecule has 0 aliphatic heterocycles. The van der Waals surface area contributed by atoms with E-state index in [1.54, 1.807) is 54.6 Å². The smallest absolute Gasteiger partial charge is 0.289 e. The number of rotatable bonds is 11. The second kappa shape index (κ2) is 13.0. The van der Waals surface area contributed by atoms with Gasteiger partial charge in [-0.25, -0.2) is 0 Å². The Morgan fingerprint density at radius 2 is 1.55 bits per heavy atom. The lowest BCUT2D eigenvalue weighted by molar-refractivity contribution is -0.138. The predicted octanol–water partition coefficient (Wildman–Crippen LogP) is -0.111. The van der Waals surface area contributed by atoms with Crippen molar-refractivity contribution in [2.45, 2.75) is 24.4 Å². The van der Waals surface area contributed by atoms with Crippen LogP contribution in [0.5, 0.6) is 0 Å². The number of Topliss-reactive ketones (excluding diaryl/α,β-unsaturated/α-hetero) is 1. The van der Waals surface area contributed by atoms with Crippen molar-refractivity contribution >= 4 is 41.4 Å². The molecule has 0 fully saturated rings. The number of benzene rings is 2. The van der Waals surface area contributed by atoms with Gasteiger partial charge in [0.15, 0.2) is 0 Å². The van der Waals surface area contributed by atoms with E-state index in [4.69, 9.17) is 5.14 Å². The average molecular weight is 472 g/mol. The molecule has 4 amide bonds. The molecule has 2 aromatic rings. The number of nitrogens with one attached hydrogen (secondary N) is 4. The summed E-state index contributed by atoms with van der Waals surface area (Å²) in [5.74, 6) is -3.31. The first-order valence-electron chi connectivity index (χ1n) is 9.97. The third-order valence-electron chi connectivity index (χ3n) is 4.41. The first kappa shape index (κ1) is 25.6. The highest BCUT2D eigenvalue weighted by atomic mass is 32.2. The number of ketones is 1. The Kier molecular flexibility index (Phi) is 10.1. The van der Waals surface area contributed by atoms with Crippen LogP contribution in [0.4, 0.5) is 0 Å². The largest absolute Gasteiger partial charge is 0.347 e. The molecule has 0 heterocycles. The van der Waals surface area contributed by atoms with Crippen molar-refractivity contribution in [2.24, 2.45) is 5.14 Å². The number of carbonyl (C=O) groups excluding carboxylic acids is 5. The van der Waals surface area contributed by atoms with Crippen molar-refractivity contribution in [1.29, 1.82) is 0 Å². The van der Waals surface area contributed by atoms with Gasteiger partial charge in [0.25, 0.3) is 11.8 Å². The molecule has 0 unspecified atom stereocenters. The highest BCUT2D eigenvalue weighted by molar-refractivity contribution is 7.97. The zero-order chi connectivity index (χ0) is 24.2. The molecule has 1 atom stereocenters. The van der Waals surface area contributed by atoms with Crippen molar-refractivity contribution in [2.75, 3.05) is 13.1 Å². The fourth-order valence-corrected chi connectivity index (χ4v) is 2.87. The van der Waals surface area contributed by atoms with Gasteiger partial charge in [0.2, 0.25) is 17.6 Å². The predicted molar refractivity (Wildman–Crippen MR) is 123 cm³/mol. The van der Waals surface area contributed by atoms with E-state index in [-0.39, 0.29) is 13.1 Å². The third-order valence-corrected chi connectivity index (χ3v) is 4.95. The van der Waals surface area contributed by atoms with E-state index >= 15 is 0 Å². The summed E-state index contributed by atoms with van der Waals surface area (Å²) in [7, 11) is 0. The zero-order valence-electron chi connectivity index (χ0n) is 17.9. The van der Waals surface area contributed by atoms with Crippen LogP contribution < -0.4 is 26.4 Å². The number of hydrogen-bond acceptors (Lipinski definition) is 7. The summed E-state index contributed by atoms with van der Waals surface area (Å²) in [5.41, 5.74) is 1.19. The van der Waals surface area contributed by atoms with Gasteiger partial charge in [-0.2, -0.15) is 0 Å². The summed E-state index contributed by atoms with van der Waals surface area (Å²) < 4.78 is 0. The van der Waals surface area contributed by atoms with Gasteiger partial charge in [-0.1, -0.05) is 30.3 Å². The Labute approximate surface area is 195 Å². The SMILES string of the molecule is C[C@H](NC(=O)CNC(=O)c1ccccc1)C(=O)NCC(=O)C(=O)NCc1ccc(SN)cc1. The Bertz CT molecular complexity index is 998. The Hall–Kier alpha value is -3.70. The van der Waals surface area contributed by atoms with E-state index in [0.29, 0.717) is 5.56 Å². The van der Waals surface area contributed by atoms with E-state index in [1.807, 2.05) is 0 Å². The first-order valence-corrected chi connectivity index (χ1v) is 10.8. The van der Waals surface area contributed by atoms with Gasteiger partial charge in [-0.3, -0.25) is 29.1 Å². The third kappa shape index (κ3) is 8.75. The van der Waals surface area contributed by atoms with E-state index in [0.717, 1.165) is 22.4 Å². The van der Waals surface area contributed by atoms with E-state index in [2.05, 4.69) is 21.3 Å². The summed E-state index contributed by atoms with van der Waals surface area (Å²) in [4.78, 5) is 60.7. The van der Waals surface area contributed by atoms with Crippen LogP contribution in [0.25, 0.3) is 0 Å². The van der Waals surface area contributed by atoms with Crippen LogP contribution >= 0.6 is 11.9 Å². The van der Waals surface area contributed by atoms with Crippen LogP contribution in [-0.2, 0) is 25.7 Å². The fraction of sp³-hybridized carbons (Fsp3) is 0.227. The van der Waals surface area contributed by atoms with Crippen molar-refractivity contribution in [3.8, 4) is 0 Å². The fourth-order valence-electron chi connectivity index (χ4n) is 2.58. The van der Waals surface area contributed by atoms with Gasteiger partial charge in [0, 0.05) is 17.0 Å². The van der Waals surface area contributed by atoms with Gasteiger partial charge >= 0.3 is 0 Å². The molecule has 0 saturated carbocycles. The Balaban J connectivity index is 1.68. The van der Waals surface area contributed by atoms with Crippen molar-refractivity contribution < 1.29 is 24.0 Å². The van der Waals surface area contributed by atoms with Crippen LogP contribution in [0.2, 0.25) is 0 Å². The molecule has 2 rings (SSSR count). The number of carbonyl (C=O) groups is 5. The molecule has 0 spiro atoms. The molecule has 174 valence electrons. The van der Waals surface area contributed by atoms with Crippen molar-refractivity contribution in [1.82, 2.24) is 21.3 Å². The Morgan fingerprint density at radius 1 is 0.879 bits per heavy atom. The van der Waals surface area contributed by atoms with Crippen molar-refractivity contribution in [3.05, 3.63) is 65.7 Å². The van der Waals surface area contributed by atoms with Crippen molar-refractivity contribution in [3.63, 3.8) is 0 Å². The zero-order valence-corrected chi connectivity index (χ0v) is 18.7. The maximum atomic E-state index is 12.1. The minimum Gasteiger partial charge on any atom is -0.347 e. The number of hydrogen-bond donors (Lipinski definition) is 5. The highest BCUT2D eigenvalue weighted by Gasteiger charge is 2.19. The van der Waals surface area contributed by atoms with Gasteiger partial charge in [0.1, 0.15) is 6.04 Å². The number of nitrogens with two attached hydrogens (primary N) is 1. The number of amides is 4. The second-order valence-corrected chi connectivity index (χ2v) is 7.63. The summed E-state index contributed by atoms with van der Waals surface area (Å²) in [6.07, 6.45) is 0. The molecule has 0 saturated heterocycles. The summed E-state index contributed by atoms with van der Waals surface area (Å²) in [6, 6.07) is 14.5. The van der Waals surface area contributed by atoms with Crippen LogP contribution in [-0.4, -0.2) is 48.5 Å². The molecule has 0 radical (unpaired) electrons. The molecule has 6 N–H and O–H groups in total. The lowest BCUT2D eigenvalue weighted by Gasteiger charge is -2.14. The summed E-state index contributed by atoms with van der Waals surface area (Å²) in [5, 5.41) is 15.1. The van der Waals surface area contributed by atoms with Gasteiger partial charge in [-0.05, 0) is 48.7 Å². The molecular weight excluding hydrogens is 446 g/mol. The monoisotopic (exact) mass is 471 g/mol. The molecule has 0 bridgehead atoms. The van der Waals surface area contributed by atoms with Crippen LogP contribution in [0.1, 0.15) is 22.8 Å². The van der Waals surface area contributed by atoms with E-state index in [1.165, 1.54) is 6.92 Å². The van der Waals surface area contributed by atoms with Crippen LogP contribution in [0.15, 0.2) is 59.5 Å². The quantitative estimate of drug-likeness (QED) is 0.226. The standard InChI is InChI=1S/C22H25N5O5S/c1-14(27-19(29)13-26-21(31)16-5-3-2-4-6-16)20(30)25-12-18(28)22(32)24-11-15-7-9-17(33-23)10-8-15/h2-10,14H,11-13,23H2,1H3,(H,24,32)(H,25,30)(H,26,31)(H,27,29)/t14-/m0/s1. The molecule has 10 nitrogen and oxygen atoms in total. The molecule has 0 aliphatic carbocycles. The van der Waals surface area contributed by atoms with Gasteiger partial charge < -0.3 is 21.3 Å². The highest BCUT2D eigenvalue weighted by Crippen LogP contribution is 2.12. The van der Waals surface area contributed by atoms with E-state index < -0.39 is 42.0 Å². The maximum absolute atomic E-state index is 12.1. The minimum atomic E-state index is -0.971. The lowest BCUT2D eigenvalue weighted by Crippen LogP contribution is -2.49. The first-order chi connectivity index (χ1) is 15.8.